The van der Waals surface area contributed by atoms with E-state index in [1.165, 1.54) is 17.5 Å². The molecule has 1 atom stereocenters. The Labute approximate surface area is 126 Å². The van der Waals surface area contributed by atoms with Crippen LogP contribution in [0.2, 0.25) is 0 Å². The molecule has 0 bridgehead atoms. The summed E-state index contributed by atoms with van der Waals surface area (Å²) in [6.45, 7) is 0. The fraction of sp³-hybridized carbons (Fsp3) is 0.294. The van der Waals surface area contributed by atoms with E-state index in [4.69, 9.17) is 11.6 Å². The average Bonchev–Trinajstić information content (AvgIpc) is 2.51. The fourth-order valence-electron chi connectivity index (χ4n) is 2.82. The lowest BCUT2D eigenvalue weighted by Crippen LogP contribution is -2.05. The summed E-state index contributed by atoms with van der Waals surface area (Å²) in [6.07, 6.45) is 4.38. The maximum Gasteiger partial charge on any atom is 0.194 e. The Kier molecular flexibility index (Phi) is 3.94. The first kappa shape index (κ1) is 14.5. The molecule has 1 unspecified atom stereocenters. The number of fused-ring (bicyclic) bond motifs is 1. The molecule has 0 saturated carbocycles. The van der Waals surface area contributed by atoms with Gasteiger partial charge in [-0.3, -0.25) is 0 Å². The Hall–Kier alpha value is -1.48. The van der Waals surface area contributed by atoms with Gasteiger partial charge in [-0.25, -0.2) is 13.2 Å². The SMILES string of the molecule is Fc1cc(C(Cl)c2ccc3c(c2)CCCC3)cc(F)c1F. The van der Waals surface area contributed by atoms with Crippen LogP contribution in [0.25, 0.3) is 0 Å². The second kappa shape index (κ2) is 5.72. The van der Waals surface area contributed by atoms with Gasteiger partial charge in [0.1, 0.15) is 0 Å². The van der Waals surface area contributed by atoms with Crippen LogP contribution in [0.1, 0.15) is 40.5 Å². The third-order valence-electron chi connectivity index (χ3n) is 3.96. The zero-order chi connectivity index (χ0) is 15.0. The highest BCUT2D eigenvalue weighted by Crippen LogP contribution is 2.33. The number of aryl methyl sites for hydroxylation is 2. The first-order valence-corrected chi connectivity index (χ1v) is 7.40. The van der Waals surface area contributed by atoms with Gasteiger partial charge in [0.2, 0.25) is 0 Å². The van der Waals surface area contributed by atoms with E-state index in [1.807, 2.05) is 18.2 Å². The van der Waals surface area contributed by atoms with Crippen molar-refractivity contribution in [2.75, 3.05) is 0 Å². The van der Waals surface area contributed by atoms with E-state index in [0.717, 1.165) is 37.0 Å². The quantitative estimate of drug-likeness (QED) is 0.521. The molecule has 0 N–H and O–H groups in total. The van der Waals surface area contributed by atoms with Crippen molar-refractivity contribution >= 4 is 11.6 Å². The molecule has 0 aliphatic heterocycles. The van der Waals surface area contributed by atoms with Crippen molar-refractivity contribution in [1.82, 2.24) is 0 Å². The van der Waals surface area contributed by atoms with Gasteiger partial charge >= 0.3 is 0 Å². The van der Waals surface area contributed by atoms with Crippen molar-refractivity contribution in [3.8, 4) is 0 Å². The summed E-state index contributed by atoms with van der Waals surface area (Å²) in [6, 6.07) is 7.80. The fourth-order valence-corrected chi connectivity index (χ4v) is 3.09. The van der Waals surface area contributed by atoms with E-state index in [1.54, 1.807) is 0 Å². The summed E-state index contributed by atoms with van der Waals surface area (Å²) in [5, 5.41) is -0.693. The summed E-state index contributed by atoms with van der Waals surface area (Å²) < 4.78 is 39.6. The van der Waals surface area contributed by atoms with Gasteiger partial charge in [-0.15, -0.1) is 11.6 Å². The zero-order valence-electron chi connectivity index (χ0n) is 11.3. The third kappa shape index (κ3) is 2.80. The van der Waals surface area contributed by atoms with E-state index in [9.17, 15) is 13.2 Å². The second-order valence-electron chi connectivity index (χ2n) is 5.40. The molecule has 110 valence electrons. The van der Waals surface area contributed by atoms with Crippen LogP contribution in [0.4, 0.5) is 13.2 Å². The van der Waals surface area contributed by atoms with Gasteiger partial charge in [0.25, 0.3) is 0 Å². The standard InChI is InChI=1S/C17H14ClF3/c18-16(13-8-14(19)17(21)15(20)9-13)12-6-5-10-3-1-2-4-11(10)7-12/h5-9,16H,1-4H2. The van der Waals surface area contributed by atoms with Gasteiger partial charge < -0.3 is 0 Å². The lowest BCUT2D eigenvalue weighted by Gasteiger charge is -2.18. The molecular formula is C17H14ClF3. The molecule has 0 nitrogen and oxygen atoms in total. The molecule has 0 fully saturated rings. The molecule has 3 rings (SSSR count). The molecule has 0 radical (unpaired) electrons. The molecule has 0 saturated heterocycles. The van der Waals surface area contributed by atoms with E-state index < -0.39 is 22.8 Å². The number of hydrogen-bond acceptors (Lipinski definition) is 0. The van der Waals surface area contributed by atoms with Crippen molar-refractivity contribution < 1.29 is 13.2 Å². The Morgan fingerprint density at radius 1 is 0.810 bits per heavy atom. The Balaban J connectivity index is 1.96. The Bertz CT molecular complexity index is 659. The Morgan fingerprint density at radius 2 is 1.43 bits per heavy atom. The third-order valence-corrected chi connectivity index (χ3v) is 4.47. The minimum Gasteiger partial charge on any atom is -0.204 e. The number of hydrogen-bond donors (Lipinski definition) is 0. The topological polar surface area (TPSA) is 0 Å². The minimum absolute atomic E-state index is 0.226. The van der Waals surface area contributed by atoms with Crippen molar-refractivity contribution in [2.24, 2.45) is 0 Å². The van der Waals surface area contributed by atoms with Crippen LogP contribution in [0.3, 0.4) is 0 Å². The predicted octanol–water partition coefficient (Wildman–Crippen LogP) is 5.31. The predicted molar refractivity (Wildman–Crippen MR) is 77.1 cm³/mol. The van der Waals surface area contributed by atoms with Crippen LogP contribution < -0.4 is 0 Å². The molecule has 0 amide bonds. The van der Waals surface area contributed by atoms with Gasteiger partial charge in [-0.1, -0.05) is 18.2 Å². The van der Waals surface area contributed by atoms with Crippen LogP contribution >= 0.6 is 11.6 Å². The summed E-state index contributed by atoms with van der Waals surface area (Å²) in [4.78, 5) is 0. The summed E-state index contributed by atoms with van der Waals surface area (Å²) in [7, 11) is 0. The number of benzene rings is 2. The number of rotatable bonds is 2. The molecule has 1 aliphatic carbocycles. The molecule has 4 heteroatoms. The van der Waals surface area contributed by atoms with E-state index in [0.29, 0.717) is 0 Å². The first-order chi connectivity index (χ1) is 10.1. The molecule has 0 heterocycles. The molecule has 2 aromatic rings. The van der Waals surface area contributed by atoms with E-state index in [2.05, 4.69) is 0 Å². The molecule has 0 spiro atoms. The largest absolute Gasteiger partial charge is 0.204 e. The number of halogens is 4. The minimum atomic E-state index is -1.46. The molecular weight excluding hydrogens is 297 g/mol. The van der Waals surface area contributed by atoms with E-state index >= 15 is 0 Å². The lowest BCUT2D eigenvalue weighted by atomic mass is 9.89. The normalized spacial score (nSPS) is 15.6. The zero-order valence-corrected chi connectivity index (χ0v) is 12.1. The van der Waals surface area contributed by atoms with Gasteiger partial charge in [0.15, 0.2) is 17.5 Å². The summed E-state index contributed by atoms with van der Waals surface area (Å²) in [5.74, 6) is -3.89. The van der Waals surface area contributed by atoms with Gasteiger partial charge in [-0.05, 0) is 60.1 Å². The van der Waals surface area contributed by atoms with E-state index in [-0.39, 0.29) is 5.56 Å². The van der Waals surface area contributed by atoms with Crippen LogP contribution in [-0.4, -0.2) is 0 Å². The highest BCUT2D eigenvalue weighted by molar-refractivity contribution is 6.22. The maximum absolute atomic E-state index is 13.3. The molecule has 1 aliphatic rings. The molecule has 21 heavy (non-hydrogen) atoms. The Morgan fingerprint density at radius 3 is 2.10 bits per heavy atom. The molecule has 0 aromatic heterocycles. The first-order valence-electron chi connectivity index (χ1n) is 6.96. The summed E-state index contributed by atoms with van der Waals surface area (Å²) >= 11 is 6.31. The maximum atomic E-state index is 13.3. The highest BCUT2D eigenvalue weighted by Gasteiger charge is 2.19. The van der Waals surface area contributed by atoms with Crippen molar-refractivity contribution in [3.05, 3.63) is 70.0 Å². The lowest BCUT2D eigenvalue weighted by molar-refractivity contribution is 0.445. The highest BCUT2D eigenvalue weighted by atomic mass is 35.5. The van der Waals surface area contributed by atoms with Crippen LogP contribution in [0.5, 0.6) is 0 Å². The second-order valence-corrected chi connectivity index (χ2v) is 5.83. The number of alkyl halides is 1. The average molecular weight is 311 g/mol. The summed E-state index contributed by atoms with van der Waals surface area (Å²) in [5.41, 5.74) is 3.56. The van der Waals surface area contributed by atoms with Gasteiger partial charge in [-0.2, -0.15) is 0 Å². The van der Waals surface area contributed by atoms with Crippen LogP contribution in [-0.2, 0) is 12.8 Å². The van der Waals surface area contributed by atoms with Crippen LogP contribution in [0, 0.1) is 17.5 Å². The monoisotopic (exact) mass is 310 g/mol. The van der Waals surface area contributed by atoms with Crippen LogP contribution in [0.15, 0.2) is 30.3 Å². The van der Waals surface area contributed by atoms with Gasteiger partial charge in [0, 0.05) is 0 Å². The van der Waals surface area contributed by atoms with Crippen molar-refractivity contribution in [1.29, 1.82) is 0 Å². The molecule has 2 aromatic carbocycles. The smallest absolute Gasteiger partial charge is 0.194 e. The van der Waals surface area contributed by atoms with Crippen molar-refractivity contribution in [2.45, 2.75) is 31.1 Å². The van der Waals surface area contributed by atoms with Gasteiger partial charge in [0.05, 0.1) is 5.38 Å². The van der Waals surface area contributed by atoms with Crippen molar-refractivity contribution in [3.63, 3.8) is 0 Å².